The van der Waals surface area contributed by atoms with Crippen LogP contribution in [0.15, 0.2) is 10.6 Å². The molecule has 1 aromatic heterocycles. The zero-order chi connectivity index (χ0) is 14.4. The number of carboxylic acids is 2. The monoisotopic (exact) mass is 272 g/mol. The third kappa shape index (κ3) is 5.06. The molecule has 1 aromatic rings. The summed E-state index contributed by atoms with van der Waals surface area (Å²) in [6.45, 7) is 1.14. The minimum Gasteiger partial charge on any atom is -0.481 e. The predicted octanol–water partition coefficient (Wildman–Crippen LogP) is -0.594. The summed E-state index contributed by atoms with van der Waals surface area (Å²) in [6.07, 6.45) is -0.718. The Morgan fingerprint density at radius 3 is 2.63 bits per heavy atom. The molecule has 0 saturated carbocycles. The summed E-state index contributed by atoms with van der Waals surface area (Å²) in [5.41, 5.74) is 0. The molecule has 0 aliphatic carbocycles. The van der Waals surface area contributed by atoms with Crippen molar-refractivity contribution >= 4 is 17.8 Å². The third-order valence-electron chi connectivity index (χ3n) is 1.97. The van der Waals surface area contributed by atoms with Crippen LogP contribution < -0.4 is 10.1 Å². The van der Waals surface area contributed by atoms with E-state index in [2.05, 4.69) is 5.16 Å². The fourth-order valence-corrected chi connectivity index (χ4v) is 1.16. The second-order valence-corrected chi connectivity index (χ2v) is 3.62. The van der Waals surface area contributed by atoms with Gasteiger partial charge in [0.25, 0.3) is 11.8 Å². The number of ether oxygens (including phenoxy) is 1. The van der Waals surface area contributed by atoms with E-state index in [4.69, 9.17) is 19.5 Å². The standard InChI is InChI=1S/C10H12N2O7/c1-5-2-8(12-19-5)18-4-7(13)11-6(10(16)17)3-9(14)15/h2,6H,3-4H2,1H3,(H,11,13)(H,14,15)(H,16,17). The molecule has 0 saturated heterocycles. The van der Waals surface area contributed by atoms with Crippen LogP contribution in [0.3, 0.4) is 0 Å². The first-order chi connectivity index (χ1) is 8.88. The number of nitrogens with one attached hydrogen (secondary N) is 1. The molecule has 0 aliphatic rings. The molecule has 3 N–H and O–H groups in total. The summed E-state index contributed by atoms with van der Waals surface area (Å²) in [6, 6.07) is -0.0632. The highest BCUT2D eigenvalue weighted by Gasteiger charge is 2.23. The molecule has 9 nitrogen and oxygen atoms in total. The fourth-order valence-electron chi connectivity index (χ4n) is 1.16. The van der Waals surface area contributed by atoms with E-state index in [1.54, 1.807) is 6.92 Å². The van der Waals surface area contributed by atoms with Crippen LogP contribution in [0.5, 0.6) is 5.88 Å². The van der Waals surface area contributed by atoms with Crippen molar-refractivity contribution in [2.45, 2.75) is 19.4 Å². The number of amides is 1. The molecule has 1 heterocycles. The number of aromatic nitrogens is 1. The van der Waals surface area contributed by atoms with E-state index in [1.165, 1.54) is 6.07 Å². The number of aliphatic carboxylic acids is 2. The van der Waals surface area contributed by atoms with Crippen LogP contribution in [0.2, 0.25) is 0 Å². The first-order valence-corrected chi connectivity index (χ1v) is 5.18. The van der Waals surface area contributed by atoms with Crippen LogP contribution in [0.4, 0.5) is 0 Å². The van der Waals surface area contributed by atoms with E-state index in [0.717, 1.165) is 0 Å². The van der Waals surface area contributed by atoms with Gasteiger partial charge < -0.3 is 24.8 Å². The van der Waals surface area contributed by atoms with Gasteiger partial charge >= 0.3 is 11.9 Å². The molecule has 1 rings (SSSR count). The number of carbonyl (C=O) groups is 3. The molecule has 1 atom stereocenters. The van der Waals surface area contributed by atoms with E-state index in [1.807, 2.05) is 5.32 Å². The minimum atomic E-state index is -1.51. The zero-order valence-corrected chi connectivity index (χ0v) is 9.95. The van der Waals surface area contributed by atoms with Crippen LogP contribution in [0.1, 0.15) is 12.2 Å². The van der Waals surface area contributed by atoms with Crippen LogP contribution in [0.25, 0.3) is 0 Å². The Labute approximate surface area is 107 Å². The Balaban J connectivity index is 2.44. The molecule has 0 aliphatic heterocycles. The average molecular weight is 272 g/mol. The van der Waals surface area contributed by atoms with Gasteiger partial charge in [-0.05, 0) is 12.1 Å². The van der Waals surface area contributed by atoms with Gasteiger partial charge in [0.2, 0.25) is 0 Å². The Morgan fingerprint density at radius 1 is 1.47 bits per heavy atom. The Kier molecular flexibility index (Phi) is 4.86. The number of carbonyl (C=O) groups excluding carboxylic acids is 1. The molecule has 0 bridgehead atoms. The predicted molar refractivity (Wildman–Crippen MR) is 58.6 cm³/mol. The van der Waals surface area contributed by atoms with Crippen molar-refractivity contribution in [3.05, 3.63) is 11.8 Å². The average Bonchev–Trinajstić information content (AvgIpc) is 2.71. The van der Waals surface area contributed by atoms with E-state index in [-0.39, 0.29) is 5.88 Å². The second-order valence-electron chi connectivity index (χ2n) is 3.62. The summed E-state index contributed by atoms with van der Waals surface area (Å²) in [5, 5.41) is 22.7. The molecule has 9 heteroatoms. The molecule has 1 unspecified atom stereocenters. The molecule has 19 heavy (non-hydrogen) atoms. The summed E-state index contributed by atoms with van der Waals surface area (Å²) in [5.74, 6) is -2.97. The van der Waals surface area contributed by atoms with Crippen molar-refractivity contribution in [3.8, 4) is 5.88 Å². The van der Waals surface area contributed by atoms with E-state index < -0.39 is 36.9 Å². The number of hydrogen-bond donors (Lipinski definition) is 3. The van der Waals surface area contributed by atoms with Crippen LogP contribution in [-0.2, 0) is 14.4 Å². The van der Waals surface area contributed by atoms with Gasteiger partial charge in [0.15, 0.2) is 6.61 Å². The van der Waals surface area contributed by atoms with Crippen LogP contribution in [0, 0.1) is 6.92 Å². The largest absolute Gasteiger partial charge is 0.481 e. The molecular formula is C10H12N2O7. The second kappa shape index (κ2) is 6.38. The lowest BCUT2D eigenvalue weighted by molar-refractivity contribution is -0.147. The van der Waals surface area contributed by atoms with Gasteiger partial charge in [0.1, 0.15) is 11.8 Å². The third-order valence-corrected chi connectivity index (χ3v) is 1.97. The van der Waals surface area contributed by atoms with E-state index in [0.29, 0.717) is 5.76 Å². The lowest BCUT2D eigenvalue weighted by Gasteiger charge is -2.11. The SMILES string of the molecule is Cc1cc(OCC(=O)NC(CC(=O)O)C(=O)O)no1. The Bertz CT molecular complexity index is 482. The number of rotatable bonds is 7. The topological polar surface area (TPSA) is 139 Å². The molecule has 0 aromatic carbocycles. The van der Waals surface area contributed by atoms with Gasteiger partial charge in [0, 0.05) is 6.07 Å². The Hall–Kier alpha value is -2.58. The molecule has 0 radical (unpaired) electrons. The quantitative estimate of drug-likeness (QED) is 0.598. The molecule has 1 amide bonds. The van der Waals surface area contributed by atoms with Crippen molar-refractivity contribution in [1.29, 1.82) is 0 Å². The highest BCUT2D eigenvalue weighted by atomic mass is 16.5. The van der Waals surface area contributed by atoms with Crippen molar-refractivity contribution in [1.82, 2.24) is 10.5 Å². The maximum absolute atomic E-state index is 11.4. The summed E-state index contributed by atoms with van der Waals surface area (Å²) < 4.78 is 9.61. The molecular weight excluding hydrogens is 260 g/mol. The van der Waals surface area contributed by atoms with Gasteiger partial charge in [-0.3, -0.25) is 9.59 Å². The van der Waals surface area contributed by atoms with Crippen molar-refractivity contribution in [3.63, 3.8) is 0 Å². The van der Waals surface area contributed by atoms with E-state index in [9.17, 15) is 14.4 Å². The van der Waals surface area contributed by atoms with Gasteiger partial charge in [-0.2, -0.15) is 0 Å². The molecule has 0 fully saturated rings. The lowest BCUT2D eigenvalue weighted by atomic mass is 10.2. The Morgan fingerprint density at radius 2 is 2.16 bits per heavy atom. The number of aryl methyl sites for hydroxylation is 1. The summed E-state index contributed by atoms with van der Waals surface area (Å²) >= 11 is 0. The minimum absolute atomic E-state index is 0.0813. The van der Waals surface area contributed by atoms with Gasteiger partial charge in [-0.1, -0.05) is 0 Å². The number of carboxylic acid groups (broad SMARTS) is 2. The normalized spacial score (nSPS) is 11.6. The van der Waals surface area contributed by atoms with Crippen molar-refractivity contribution in [2.24, 2.45) is 0 Å². The van der Waals surface area contributed by atoms with Crippen molar-refractivity contribution in [2.75, 3.05) is 6.61 Å². The number of nitrogens with zero attached hydrogens (tertiary/aromatic N) is 1. The fraction of sp³-hybridized carbons (Fsp3) is 0.400. The van der Waals surface area contributed by atoms with Gasteiger partial charge in [-0.15, -0.1) is 0 Å². The highest BCUT2D eigenvalue weighted by molar-refractivity contribution is 5.87. The van der Waals surface area contributed by atoms with Crippen molar-refractivity contribution < 1.29 is 33.9 Å². The van der Waals surface area contributed by atoms with E-state index >= 15 is 0 Å². The number of hydrogen-bond acceptors (Lipinski definition) is 6. The summed E-state index contributed by atoms with van der Waals surface area (Å²) in [4.78, 5) is 32.5. The van der Waals surface area contributed by atoms with Gasteiger partial charge in [0.05, 0.1) is 6.42 Å². The summed E-state index contributed by atoms with van der Waals surface area (Å²) in [7, 11) is 0. The molecule has 0 spiro atoms. The lowest BCUT2D eigenvalue weighted by Crippen LogP contribution is -2.44. The maximum Gasteiger partial charge on any atom is 0.326 e. The van der Waals surface area contributed by atoms with Crippen LogP contribution in [-0.4, -0.2) is 45.9 Å². The van der Waals surface area contributed by atoms with Gasteiger partial charge in [-0.25, -0.2) is 4.79 Å². The van der Waals surface area contributed by atoms with Crippen LogP contribution >= 0.6 is 0 Å². The molecule has 104 valence electrons. The first kappa shape index (κ1) is 14.5. The highest BCUT2D eigenvalue weighted by Crippen LogP contribution is 2.09. The first-order valence-electron chi connectivity index (χ1n) is 5.18. The zero-order valence-electron chi connectivity index (χ0n) is 9.95. The maximum atomic E-state index is 11.4. The smallest absolute Gasteiger partial charge is 0.326 e.